The van der Waals surface area contributed by atoms with Gasteiger partial charge in [0.2, 0.25) is 0 Å². The Morgan fingerprint density at radius 2 is 2.14 bits per heavy atom. The quantitative estimate of drug-likeness (QED) is 0.881. The Hall–Kier alpha value is -2.70. The summed E-state index contributed by atoms with van der Waals surface area (Å²) in [4.78, 5) is 1.99. The van der Waals surface area contributed by atoms with Crippen molar-refractivity contribution in [2.24, 2.45) is 0 Å². The van der Waals surface area contributed by atoms with Crippen molar-refractivity contribution >= 4 is 23.1 Å². The number of nitrogens with two attached hydrogens (primary N) is 1. The second kappa shape index (κ2) is 6.84. The molecule has 0 spiro atoms. The molecule has 1 aromatic heterocycles. The molecule has 0 bridgehead atoms. The highest BCUT2D eigenvalue weighted by Gasteiger charge is 2.11. The summed E-state index contributed by atoms with van der Waals surface area (Å²) in [5.74, 6) is 0.232. The Morgan fingerprint density at radius 1 is 1.36 bits per heavy atom. The molecule has 1 aromatic carbocycles. The van der Waals surface area contributed by atoms with Gasteiger partial charge in [0, 0.05) is 18.6 Å². The number of aromatic amines is 1. The first-order chi connectivity index (χ1) is 10.6. The molecule has 2 rings (SSSR count). The van der Waals surface area contributed by atoms with Gasteiger partial charge < -0.3 is 10.6 Å². The number of nitriles is 2. The molecule has 0 aliphatic heterocycles. The number of benzene rings is 1. The van der Waals surface area contributed by atoms with Crippen LogP contribution < -0.4 is 10.6 Å². The van der Waals surface area contributed by atoms with Crippen LogP contribution in [0.2, 0.25) is 5.02 Å². The van der Waals surface area contributed by atoms with E-state index in [2.05, 4.69) is 16.3 Å². The summed E-state index contributed by atoms with van der Waals surface area (Å²) in [6.45, 7) is 0.722. The van der Waals surface area contributed by atoms with Crippen LogP contribution in [0.25, 0.3) is 0 Å². The van der Waals surface area contributed by atoms with Gasteiger partial charge in [-0.1, -0.05) is 11.6 Å². The molecule has 7 heteroatoms. The average Bonchev–Trinajstić information content (AvgIpc) is 2.87. The molecule has 3 N–H and O–H groups in total. The van der Waals surface area contributed by atoms with E-state index in [0.29, 0.717) is 22.6 Å². The molecule has 0 fully saturated rings. The molecule has 0 radical (unpaired) electrons. The maximum Gasteiger partial charge on any atom is 0.163 e. The van der Waals surface area contributed by atoms with Crippen LogP contribution in [0, 0.1) is 22.7 Å². The van der Waals surface area contributed by atoms with Gasteiger partial charge in [-0.25, -0.2) is 0 Å². The number of rotatable bonds is 5. The van der Waals surface area contributed by atoms with Crippen molar-refractivity contribution in [3.05, 3.63) is 40.0 Å². The number of halogens is 1. The summed E-state index contributed by atoms with van der Waals surface area (Å²) in [6, 6.07) is 9.43. The zero-order chi connectivity index (χ0) is 16.1. The molecule has 1 heterocycles. The molecule has 0 saturated carbocycles. The maximum absolute atomic E-state index is 9.17. The van der Waals surface area contributed by atoms with E-state index in [1.807, 2.05) is 24.1 Å². The molecule has 0 saturated heterocycles. The molecule has 0 aliphatic rings. The van der Waals surface area contributed by atoms with Gasteiger partial charge in [0.15, 0.2) is 5.82 Å². The van der Waals surface area contributed by atoms with Crippen LogP contribution in [-0.2, 0) is 6.42 Å². The minimum atomic E-state index is 0.232. The monoisotopic (exact) mass is 314 g/mol. The number of nitrogens with one attached hydrogen (secondary N) is 1. The first-order valence-electron chi connectivity index (χ1n) is 6.70. The predicted molar refractivity (Wildman–Crippen MR) is 85.5 cm³/mol. The van der Waals surface area contributed by atoms with Crippen molar-refractivity contribution in [1.29, 1.82) is 10.5 Å². The predicted octanol–water partition coefficient (Wildman–Crippen LogP) is 2.46. The van der Waals surface area contributed by atoms with E-state index < -0.39 is 0 Å². The van der Waals surface area contributed by atoms with Crippen LogP contribution in [0.1, 0.15) is 23.2 Å². The zero-order valence-corrected chi connectivity index (χ0v) is 12.9. The van der Waals surface area contributed by atoms with Gasteiger partial charge in [-0.2, -0.15) is 15.6 Å². The number of H-pyrrole nitrogens is 1. The van der Waals surface area contributed by atoms with E-state index in [1.165, 1.54) is 0 Å². The van der Waals surface area contributed by atoms with E-state index in [0.717, 1.165) is 24.3 Å². The van der Waals surface area contributed by atoms with E-state index in [9.17, 15) is 0 Å². The SMILES string of the molecule is CN(CCCc1[nH]nc(N)c1C#N)c1ccc(Cl)cc1C#N. The second-order valence-electron chi connectivity index (χ2n) is 4.87. The third kappa shape index (κ3) is 3.30. The van der Waals surface area contributed by atoms with Crippen molar-refractivity contribution < 1.29 is 0 Å². The summed E-state index contributed by atoms with van der Waals surface area (Å²) < 4.78 is 0. The highest BCUT2D eigenvalue weighted by molar-refractivity contribution is 6.30. The normalized spacial score (nSPS) is 10.0. The van der Waals surface area contributed by atoms with E-state index >= 15 is 0 Å². The van der Waals surface area contributed by atoms with Gasteiger partial charge in [0.05, 0.1) is 16.9 Å². The highest BCUT2D eigenvalue weighted by atomic mass is 35.5. The largest absolute Gasteiger partial charge is 0.381 e. The zero-order valence-electron chi connectivity index (χ0n) is 12.1. The molecule has 0 unspecified atom stereocenters. The molecule has 0 atom stereocenters. The van der Waals surface area contributed by atoms with Crippen molar-refractivity contribution in [1.82, 2.24) is 10.2 Å². The van der Waals surface area contributed by atoms with Crippen LogP contribution in [0.5, 0.6) is 0 Å². The van der Waals surface area contributed by atoms with E-state index in [4.69, 9.17) is 27.9 Å². The van der Waals surface area contributed by atoms with Gasteiger partial charge in [-0.15, -0.1) is 0 Å². The number of nitrogen functional groups attached to an aromatic ring is 1. The van der Waals surface area contributed by atoms with Gasteiger partial charge in [0.1, 0.15) is 17.7 Å². The fourth-order valence-corrected chi connectivity index (χ4v) is 2.42. The number of nitrogens with zero attached hydrogens (tertiary/aromatic N) is 4. The van der Waals surface area contributed by atoms with Gasteiger partial charge >= 0.3 is 0 Å². The number of anilines is 2. The van der Waals surface area contributed by atoms with Crippen LogP contribution in [0.15, 0.2) is 18.2 Å². The van der Waals surface area contributed by atoms with Crippen molar-refractivity contribution in [3.8, 4) is 12.1 Å². The summed E-state index contributed by atoms with van der Waals surface area (Å²) in [7, 11) is 1.91. The van der Waals surface area contributed by atoms with Crippen LogP contribution >= 0.6 is 11.6 Å². The Kier molecular flexibility index (Phi) is 4.88. The summed E-state index contributed by atoms with van der Waals surface area (Å²) in [5, 5.41) is 25.4. The molecule has 112 valence electrons. The van der Waals surface area contributed by atoms with Gasteiger partial charge in [-0.3, -0.25) is 5.10 Å². The lowest BCUT2D eigenvalue weighted by molar-refractivity contribution is 0.765. The second-order valence-corrected chi connectivity index (χ2v) is 5.31. The number of aryl methyl sites for hydroxylation is 1. The third-order valence-electron chi connectivity index (χ3n) is 3.39. The van der Waals surface area contributed by atoms with Crippen LogP contribution in [0.3, 0.4) is 0 Å². The Morgan fingerprint density at radius 3 is 2.82 bits per heavy atom. The fraction of sp³-hybridized carbons (Fsp3) is 0.267. The van der Waals surface area contributed by atoms with E-state index in [1.54, 1.807) is 12.1 Å². The fourth-order valence-electron chi connectivity index (χ4n) is 2.24. The first kappa shape index (κ1) is 15.7. The molecule has 0 aliphatic carbocycles. The molecular formula is C15H15ClN6. The Balaban J connectivity index is 2.00. The summed E-state index contributed by atoms with van der Waals surface area (Å²) in [5.41, 5.74) is 8.12. The standard InChI is InChI=1S/C15H15ClN6/c1-22(14-5-4-11(16)7-10(14)8-17)6-2-3-13-12(9-18)15(19)21-20-13/h4-5,7H,2-3,6H2,1H3,(H3,19,20,21). The lowest BCUT2D eigenvalue weighted by Crippen LogP contribution is -2.20. The van der Waals surface area contributed by atoms with Crippen LogP contribution in [0.4, 0.5) is 11.5 Å². The lowest BCUT2D eigenvalue weighted by Gasteiger charge is -2.20. The minimum Gasteiger partial charge on any atom is -0.381 e. The number of aromatic nitrogens is 2. The Labute approximate surface area is 133 Å². The Bertz CT molecular complexity index is 752. The molecule has 6 nitrogen and oxygen atoms in total. The van der Waals surface area contributed by atoms with Gasteiger partial charge in [0.25, 0.3) is 0 Å². The van der Waals surface area contributed by atoms with Crippen molar-refractivity contribution in [2.75, 3.05) is 24.2 Å². The molecule has 2 aromatic rings. The lowest BCUT2D eigenvalue weighted by atomic mass is 10.1. The topological polar surface area (TPSA) is 106 Å². The van der Waals surface area contributed by atoms with Crippen molar-refractivity contribution in [3.63, 3.8) is 0 Å². The van der Waals surface area contributed by atoms with Crippen LogP contribution in [-0.4, -0.2) is 23.8 Å². The van der Waals surface area contributed by atoms with E-state index in [-0.39, 0.29) is 5.82 Å². The highest BCUT2D eigenvalue weighted by Crippen LogP contribution is 2.23. The average molecular weight is 315 g/mol. The molecular weight excluding hydrogens is 300 g/mol. The number of hydrogen-bond donors (Lipinski definition) is 2. The summed E-state index contributed by atoms with van der Waals surface area (Å²) in [6.07, 6.45) is 1.45. The number of hydrogen-bond acceptors (Lipinski definition) is 5. The third-order valence-corrected chi connectivity index (χ3v) is 3.63. The smallest absolute Gasteiger partial charge is 0.163 e. The van der Waals surface area contributed by atoms with Crippen molar-refractivity contribution in [2.45, 2.75) is 12.8 Å². The minimum absolute atomic E-state index is 0.232. The molecule has 22 heavy (non-hydrogen) atoms. The summed E-state index contributed by atoms with van der Waals surface area (Å²) >= 11 is 5.90. The molecule has 0 amide bonds. The first-order valence-corrected chi connectivity index (χ1v) is 7.08. The van der Waals surface area contributed by atoms with Gasteiger partial charge in [-0.05, 0) is 31.0 Å². The maximum atomic E-state index is 9.17.